The van der Waals surface area contributed by atoms with Gasteiger partial charge in [-0.05, 0) is 50.3 Å². The summed E-state index contributed by atoms with van der Waals surface area (Å²) in [6.45, 7) is 4.78. The predicted octanol–water partition coefficient (Wildman–Crippen LogP) is 2.84. The van der Waals surface area contributed by atoms with Crippen LogP contribution >= 0.6 is 0 Å². The van der Waals surface area contributed by atoms with E-state index >= 15 is 0 Å². The molecular formula is C19H27N3O2. The Morgan fingerprint density at radius 3 is 2.71 bits per heavy atom. The zero-order valence-electron chi connectivity index (χ0n) is 14.4. The third-order valence-corrected chi connectivity index (χ3v) is 4.81. The summed E-state index contributed by atoms with van der Waals surface area (Å²) >= 11 is 0. The van der Waals surface area contributed by atoms with Gasteiger partial charge in [-0.15, -0.1) is 0 Å². The van der Waals surface area contributed by atoms with E-state index in [-0.39, 0.29) is 6.10 Å². The van der Waals surface area contributed by atoms with Crippen LogP contribution in [0, 0.1) is 5.92 Å². The van der Waals surface area contributed by atoms with Crippen molar-refractivity contribution in [1.29, 1.82) is 0 Å². The Morgan fingerprint density at radius 2 is 2.00 bits per heavy atom. The van der Waals surface area contributed by atoms with Crippen LogP contribution in [0.15, 0.2) is 34.9 Å². The molecule has 0 amide bonds. The summed E-state index contributed by atoms with van der Waals surface area (Å²) in [6.07, 6.45) is 4.43. The van der Waals surface area contributed by atoms with E-state index < -0.39 is 0 Å². The summed E-state index contributed by atoms with van der Waals surface area (Å²) in [5.74, 6) is 1.89. The fourth-order valence-corrected chi connectivity index (χ4v) is 3.39. The average molecular weight is 329 g/mol. The summed E-state index contributed by atoms with van der Waals surface area (Å²) in [5.41, 5.74) is 1.21. The van der Waals surface area contributed by atoms with Crippen molar-refractivity contribution in [2.75, 3.05) is 13.1 Å². The van der Waals surface area contributed by atoms with Gasteiger partial charge in [0.25, 0.3) is 0 Å². The largest absolute Gasteiger partial charge is 0.392 e. The summed E-state index contributed by atoms with van der Waals surface area (Å²) in [5, 5.41) is 14.5. The fraction of sp³-hybridized carbons (Fsp3) is 0.579. The highest BCUT2D eigenvalue weighted by Gasteiger charge is 2.26. The molecule has 1 aromatic heterocycles. The van der Waals surface area contributed by atoms with Crippen molar-refractivity contribution >= 4 is 0 Å². The fourth-order valence-electron chi connectivity index (χ4n) is 3.39. The van der Waals surface area contributed by atoms with E-state index in [9.17, 15) is 5.11 Å². The molecule has 5 nitrogen and oxygen atoms in total. The highest BCUT2D eigenvalue weighted by atomic mass is 16.5. The Morgan fingerprint density at radius 1 is 1.25 bits per heavy atom. The first-order valence-electron chi connectivity index (χ1n) is 9.00. The van der Waals surface area contributed by atoms with Crippen LogP contribution in [-0.2, 0) is 19.4 Å². The van der Waals surface area contributed by atoms with Crippen molar-refractivity contribution in [3.63, 3.8) is 0 Å². The van der Waals surface area contributed by atoms with Crippen LogP contribution in [-0.4, -0.2) is 39.3 Å². The van der Waals surface area contributed by atoms with Gasteiger partial charge in [0.05, 0.1) is 12.6 Å². The van der Waals surface area contributed by atoms with E-state index in [4.69, 9.17) is 4.52 Å². The minimum Gasteiger partial charge on any atom is -0.392 e. The number of hydrogen-bond acceptors (Lipinski definition) is 5. The number of piperidine rings is 1. The number of benzene rings is 1. The number of aliphatic hydroxyl groups excluding tert-OH is 1. The van der Waals surface area contributed by atoms with E-state index in [1.165, 1.54) is 5.56 Å². The van der Waals surface area contributed by atoms with E-state index in [1.54, 1.807) is 0 Å². The molecule has 1 aliphatic heterocycles. The maximum absolute atomic E-state index is 10.5. The number of aliphatic hydroxyl groups is 1. The molecular weight excluding hydrogens is 302 g/mol. The number of aromatic nitrogens is 2. The zero-order valence-corrected chi connectivity index (χ0v) is 14.4. The van der Waals surface area contributed by atoms with Crippen molar-refractivity contribution in [1.82, 2.24) is 15.0 Å². The molecule has 0 unspecified atom stereocenters. The lowest BCUT2D eigenvalue weighted by Gasteiger charge is -2.33. The van der Waals surface area contributed by atoms with Crippen molar-refractivity contribution in [3.8, 4) is 0 Å². The van der Waals surface area contributed by atoms with Crippen molar-refractivity contribution < 1.29 is 9.63 Å². The number of likely N-dealkylation sites (tertiary alicyclic amines) is 1. The van der Waals surface area contributed by atoms with E-state index in [2.05, 4.69) is 34.1 Å². The minimum absolute atomic E-state index is 0.255. The second-order valence-corrected chi connectivity index (χ2v) is 6.72. The molecule has 1 aromatic carbocycles. The molecule has 5 heteroatoms. The van der Waals surface area contributed by atoms with Gasteiger partial charge in [0.15, 0.2) is 5.82 Å². The number of nitrogens with zero attached hydrogens (tertiary/aromatic N) is 3. The molecule has 0 saturated carbocycles. The third-order valence-electron chi connectivity index (χ3n) is 4.81. The molecule has 2 aromatic rings. The standard InChI is InChI=1S/C19H27N3O2/c1-2-6-18-20-19(24-21-18)14-22-11-9-16(10-12-22)17(23)13-15-7-4-3-5-8-15/h3-5,7-8,16-17,23H,2,6,9-14H2,1H3/t17-/m0/s1. The van der Waals surface area contributed by atoms with Gasteiger partial charge in [0, 0.05) is 6.42 Å². The van der Waals surface area contributed by atoms with Crippen LogP contribution in [0.1, 0.15) is 43.5 Å². The Labute approximate surface area is 143 Å². The highest BCUT2D eigenvalue weighted by Crippen LogP contribution is 2.24. The Hall–Kier alpha value is -1.72. The summed E-state index contributed by atoms with van der Waals surface area (Å²) < 4.78 is 5.32. The molecule has 130 valence electrons. The molecule has 1 atom stereocenters. The lowest BCUT2D eigenvalue weighted by Crippen LogP contribution is -2.38. The SMILES string of the molecule is CCCc1noc(CN2CCC([C@@H](O)Cc3ccccc3)CC2)n1. The van der Waals surface area contributed by atoms with Crippen LogP contribution in [0.2, 0.25) is 0 Å². The normalized spacial score (nSPS) is 17.9. The molecule has 0 aliphatic carbocycles. The van der Waals surface area contributed by atoms with Gasteiger partial charge in [-0.2, -0.15) is 4.98 Å². The van der Waals surface area contributed by atoms with E-state index in [0.29, 0.717) is 11.8 Å². The van der Waals surface area contributed by atoms with Gasteiger partial charge < -0.3 is 9.63 Å². The molecule has 0 radical (unpaired) electrons. The molecule has 2 heterocycles. The second-order valence-electron chi connectivity index (χ2n) is 6.72. The lowest BCUT2D eigenvalue weighted by molar-refractivity contribution is 0.0547. The Bertz CT molecular complexity index is 606. The van der Waals surface area contributed by atoms with Crippen LogP contribution in [0.25, 0.3) is 0 Å². The molecule has 1 N–H and O–H groups in total. The molecule has 24 heavy (non-hydrogen) atoms. The van der Waals surface area contributed by atoms with Crippen molar-refractivity contribution in [2.45, 2.75) is 51.7 Å². The van der Waals surface area contributed by atoms with Gasteiger partial charge in [-0.3, -0.25) is 4.90 Å². The first-order chi connectivity index (χ1) is 11.7. The Kier molecular flexibility index (Phi) is 5.99. The molecule has 1 aliphatic rings. The van der Waals surface area contributed by atoms with Crippen LogP contribution in [0.5, 0.6) is 0 Å². The van der Waals surface area contributed by atoms with Gasteiger partial charge >= 0.3 is 0 Å². The number of aryl methyl sites for hydroxylation is 1. The third kappa shape index (κ3) is 4.65. The van der Waals surface area contributed by atoms with Crippen molar-refractivity contribution in [2.24, 2.45) is 5.92 Å². The quantitative estimate of drug-likeness (QED) is 0.846. The monoisotopic (exact) mass is 329 g/mol. The van der Waals surface area contributed by atoms with Crippen molar-refractivity contribution in [3.05, 3.63) is 47.6 Å². The second kappa shape index (κ2) is 8.40. The molecule has 1 saturated heterocycles. The van der Waals surface area contributed by atoms with Gasteiger partial charge in [0.2, 0.25) is 5.89 Å². The average Bonchev–Trinajstić information content (AvgIpc) is 3.04. The van der Waals surface area contributed by atoms with E-state index in [0.717, 1.165) is 57.6 Å². The number of rotatable bonds is 7. The minimum atomic E-state index is -0.255. The summed E-state index contributed by atoms with van der Waals surface area (Å²) in [7, 11) is 0. The maximum atomic E-state index is 10.5. The molecule has 0 spiro atoms. The lowest BCUT2D eigenvalue weighted by atomic mass is 9.88. The smallest absolute Gasteiger partial charge is 0.240 e. The van der Waals surface area contributed by atoms with Gasteiger partial charge in [-0.25, -0.2) is 0 Å². The zero-order chi connectivity index (χ0) is 16.8. The van der Waals surface area contributed by atoms with Crippen LogP contribution in [0.4, 0.5) is 0 Å². The maximum Gasteiger partial charge on any atom is 0.240 e. The Balaban J connectivity index is 1.44. The first-order valence-corrected chi connectivity index (χ1v) is 9.00. The topological polar surface area (TPSA) is 62.4 Å². The van der Waals surface area contributed by atoms with E-state index in [1.807, 2.05) is 18.2 Å². The highest BCUT2D eigenvalue weighted by molar-refractivity contribution is 5.15. The molecule has 3 rings (SSSR count). The predicted molar refractivity (Wildman–Crippen MR) is 92.4 cm³/mol. The van der Waals surface area contributed by atoms with Gasteiger partial charge in [0.1, 0.15) is 0 Å². The van der Waals surface area contributed by atoms with Crippen LogP contribution in [0.3, 0.4) is 0 Å². The van der Waals surface area contributed by atoms with Crippen LogP contribution < -0.4 is 0 Å². The summed E-state index contributed by atoms with van der Waals surface area (Å²) in [4.78, 5) is 6.78. The molecule has 0 bridgehead atoms. The summed E-state index contributed by atoms with van der Waals surface area (Å²) in [6, 6.07) is 10.2. The number of hydrogen-bond donors (Lipinski definition) is 1. The first kappa shape index (κ1) is 17.1. The van der Waals surface area contributed by atoms with Gasteiger partial charge in [-0.1, -0.05) is 42.4 Å². The molecule has 1 fully saturated rings.